The summed E-state index contributed by atoms with van der Waals surface area (Å²) in [5, 5.41) is 8.58. The summed E-state index contributed by atoms with van der Waals surface area (Å²) in [4.78, 5) is 5.40. The van der Waals surface area contributed by atoms with Crippen LogP contribution in [0.15, 0.2) is 173 Å². The minimum absolute atomic E-state index is 0.346. The maximum atomic E-state index is 6.16. The molecule has 54 heavy (non-hydrogen) atoms. The number of aliphatic imine (C=N–C) groups is 1. The van der Waals surface area contributed by atoms with E-state index in [4.69, 9.17) is 9.41 Å². The second-order valence-electron chi connectivity index (χ2n) is 14.1. The van der Waals surface area contributed by atoms with Crippen molar-refractivity contribution in [3.63, 3.8) is 0 Å². The third-order valence-corrected chi connectivity index (χ3v) is 11.0. The number of para-hydroxylation sites is 2. The van der Waals surface area contributed by atoms with Crippen LogP contribution in [0.25, 0.3) is 71.7 Å². The smallest absolute Gasteiger partial charge is 0.201 e. The molecule has 0 amide bonds. The molecule has 1 aliphatic rings. The summed E-state index contributed by atoms with van der Waals surface area (Å²) in [7, 11) is 0. The van der Waals surface area contributed by atoms with Crippen LogP contribution in [0, 0.1) is 0 Å². The maximum Gasteiger partial charge on any atom is 0.201 e. The first-order valence-corrected chi connectivity index (χ1v) is 18.9. The molecule has 0 fully saturated rings. The molecule has 0 saturated carbocycles. The quantitative estimate of drug-likeness (QED) is 0.180. The van der Waals surface area contributed by atoms with Gasteiger partial charge >= 0.3 is 0 Å². The summed E-state index contributed by atoms with van der Waals surface area (Å²) in [5.41, 5.74) is 16.0. The number of nitrogens with zero attached hydrogens (tertiary/aromatic N) is 2. The lowest BCUT2D eigenvalue weighted by Gasteiger charge is -2.27. The topological polar surface area (TPSA) is 42.5 Å². The van der Waals surface area contributed by atoms with Crippen molar-refractivity contribution in [2.75, 3.05) is 0 Å². The van der Waals surface area contributed by atoms with Gasteiger partial charge in [-0.05, 0) is 106 Å². The largest absolute Gasteiger partial charge is 0.456 e. The van der Waals surface area contributed by atoms with Gasteiger partial charge < -0.3 is 14.3 Å². The molecule has 0 bridgehead atoms. The summed E-state index contributed by atoms with van der Waals surface area (Å²) in [6.45, 7) is 4.53. The van der Waals surface area contributed by atoms with Crippen LogP contribution in [0.2, 0.25) is 0 Å². The Labute approximate surface area is 314 Å². The summed E-state index contributed by atoms with van der Waals surface area (Å²) >= 11 is 0. The molecule has 0 saturated heterocycles. The standard InChI is InChI=1S/C50H39N3O/c1-3-32-23-24-36(37-25-26-49-43(28-37)39-20-12-14-22-48(39)54-49)27-40(32)41-30-42-38-19-11-13-21-46(38)53(47(42)29-33(41)4-2)50-51-44(34-15-7-5-8-16-34)31-45(52-50)35-17-9-6-10-18-35/h5-31,50-51H,3-4H2,1-2H3. The predicted molar refractivity (Wildman–Crippen MR) is 226 cm³/mol. The zero-order chi connectivity index (χ0) is 36.2. The van der Waals surface area contributed by atoms with E-state index < -0.39 is 0 Å². The average Bonchev–Trinajstić information content (AvgIpc) is 3.78. The van der Waals surface area contributed by atoms with Gasteiger partial charge in [-0.1, -0.05) is 129 Å². The highest BCUT2D eigenvalue weighted by Crippen LogP contribution is 2.41. The molecule has 4 nitrogen and oxygen atoms in total. The fraction of sp³-hybridized carbons (Fsp3) is 0.100. The number of furan rings is 1. The molecule has 0 aliphatic carbocycles. The Morgan fingerprint density at radius 3 is 1.96 bits per heavy atom. The molecule has 0 spiro atoms. The van der Waals surface area contributed by atoms with Gasteiger partial charge in [-0.3, -0.25) is 0 Å². The fourth-order valence-electron chi connectivity index (χ4n) is 8.31. The molecular formula is C50H39N3O. The van der Waals surface area contributed by atoms with Crippen LogP contribution in [0.1, 0.15) is 42.4 Å². The van der Waals surface area contributed by atoms with Crippen molar-refractivity contribution in [2.24, 2.45) is 4.99 Å². The number of rotatable bonds is 7. The van der Waals surface area contributed by atoms with Crippen molar-refractivity contribution in [2.45, 2.75) is 33.0 Å². The molecule has 1 unspecified atom stereocenters. The molecule has 1 aliphatic heterocycles. The molecule has 0 radical (unpaired) electrons. The molecule has 2 aromatic heterocycles. The van der Waals surface area contributed by atoms with Crippen LogP contribution < -0.4 is 5.32 Å². The number of hydrogen-bond acceptors (Lipinski definition) is 3. The second-order valence-corrected chi connectivity index (χ2v) is 14.1. The molecule has 260 valence electrons. The molecule has 3 heterocycles. The van der Waals surface area contributed by atoms with Crippen LogP contribution in [0.5, 0.6) is 0 Å². The second kappa shape index (κ2) is 13.1. The van der Waals surface area contributed by atoms with Gasteiger partial charge in [0, 0.05) is 27.2 Å². The van der Waals surface area contributed by atoms with E-state index in [-0.39, 0.29) is 6.29 Å². The number of aromatic nitrogens is 1. The lowest BCUT2D eigenvalue weighted by molar-refractivity contribution is 0.508. The molecule has 10 rings (SSSR count). The SMILES string of the molecule is CCc1ccc(-c2ccc3oc4ccccc4c3c2)cc1-c1cc2c3ccccc3n(C3N=C(c4ccccc4)C=C(c4ccccc4)N3)c2cc1CC. The van der Waals surface area contributed by atoms with Crippen LogP contribution in [0.4, 0.5) is 0 Å². The predicted octanol–water partition coefficient (Wildman–Crippen LogP) is 12.7. The van der Waals surface area contributed by atoms with Crippen molar-refractivity contribution in [3.8, 4) is 22.3 Å². The van der Waals surface area contributed by atoms with Crippen molar-refractivity contribution < 1.29 is 4.42 Å². The Bertz CT molecular complexity index is 2930. The number of allylic oxidation sites excluding steroid dienone is 1. The Kier molecular flexibility index (Phi) is 7.76. The molecule has 7 aromatic carbocycles. The number of fused-ring (bicyclic) bond motifs is 6. The molecule has 9 aromatic rings. The zero-order valence-electron chi connectivity index (χ0n) is 30.4. The van der Waals surface area contributed by atoms with Crippen molar-refractivity contribution in [1.82, 2.24) is 9.88 Å². The third-order valence-electron chi connectivity index (χ3n) is 11.0. The van der Waals surface area contributed by atoms with E-state index in [1.165, 1.54) is 49.7 Å². The Morgan fingerprint density at radius 1 is 0.519 bits per heavy atom. The third kappa shape index (κ3) is 5.33. The zero-order valence-corrected chi connectivity index (χ0v) is 30.4. The minimum atomic E-state index is -0.346. The van der Waals surface area contributed by atoms with Crippen LogP contribution in [-0.2, 0) is 12.8 Å². The highest BCUT2D eigenvalue weighted by Gasteiger charge is 2.25. The van der Waals surface area contributed by atoms with Gasteiger partial charge in [0.2, 0.25) is 6.29 Å². The van der Waals surface area contributed by atoms with Gasteiger partial charge in [-0.2, -0.15) is 0 Å². The molecule has 1 N–H and O–H groups in total. The molecular weight excluding hydrogens is 659 g/mol. The highest BCUT2D eigenvalue weighted by atomic mass is 16.3. The van der Waals surface area contributed by atoms with Crippen molar-refractivity contribution in [3.05, 3.63) is 186 Å². The van der Waals surface area contributed by atoms with Crippen molar-refractivity contribution in [1.29, 1.82) is 0 Å². The Balaban J connectivity index is 1.15. The highest BCUT2D eigenvalue weighted by molar-refractivity contribution is 6.14. The van der Waals surface area contributed by atoms with Crippen LogP contribution >= 0.6 is 0 Å². The van der Waals surface area contributed by atoms with Gasteiger partial charge in [-0.15, -0.1) is 0 Å². The van der Waals surface area contributed by atoms with E-state index in [1.807, 2.05) is 12.1 Å². The van der Waals surface area contributed by atoms with Gasteiger partial charge in [0.1, 0.15) is 11.2 Å². The Hall–Kier alpha value is -6.65. The van der Waals surface area contributed by atoms with Gasteiger partial charge in [0.05, 0.1) is 16.7 Å². The number of benzene rings is 7. The van der Waals surface area contributed by atoms with Gasteiger partial charge in [0.15, 0.2) is 0 Å². The van der Waals surface area contributed by atoms with E-state index in [2.05, 4.69) is 175 Å². The first kappa shape index (κ1) is 32.0. The van der Waals surface area contributed by atoms with Gasteiger partial charge in [-0.25, -0.2) is 4.99 Å². The minimum Gasteiger partial charge on any atom is -0.456 e. The van der Waals surface area contributed by atoms with E-state index in [0.717, 1.165) is 62.8 Å². The summed E-state index contributed by atoms with van der Waals surface area (Å²) in [6.07, 6.45) is 3.68. The first-order chi connectivity index (χ1) is 26.7. The van der Waals surface area contributed by atoms with E-state index in [1.54, 1.807) is 0 Å². The number of nitrogens with one attached hydrogen (secondary N) is 1. The number of hydrogen-bond donors (Lipinski definition) is 1. The monoisotopic (exact) mass is 697 g/mol. The summed E-state index contributed by atoms with van der Waals surface area (Å²) < 4.78 is 8.56. The molecule has 1 atom stereocenters. The average molecular weight is 698 g/mol. The number of aryl methyl sites for hydroxylation is 2. The van der Waals surface area contributed by atoms with E-state index in [0.29, 0.717) is 0 Å². The van der Waals surface area contributed by atoms with E-state index in [9.17, 15) is 0 Å². The van der Waals surface area contributed by atoms with E-state index >= 15 is 0 Å². The normalized spacial score (nSPS) is 14.4. The van der Waals surface area contributed by atoms with Crippen LogP contribution in [0.3, 0.4) is 0 Å². The van der Waals surface area contributed by atoms with Gasteiger partial charge in [0.25, 0.3) is 0 Å². The van der Waals surface area contributed by atoms with Crippen molar-refractivity contribution >= 4 is 55.2 Å². The van der Waals surface area contributed by atoms with Crippen LogP contribution in [-0.4, -0.2) is 10.3 Å². The molecule has 4 heteroatoms. The first-order valence-electron chi connectivity index (χ1n) is 18.9. The summed E-state index contributed by atoms with van der Waals surface area (Å²) in [6, 6.07) is 56.6. The Morgan fingerprint density at radius 2 is 1.17 bits per heavy atom. The maximum absolute atomic E-state index is 6.16. The fourth-order valence-corrected chi connectivity index (χ4v) is 8.31. The lowest BCUT2D eigenvalue weighted by Crippen LogP contribution is -2.29. The lowest BCUT2D eigenvalue weighted by atomic mass is 9.89. The summed E-state index contributed by atoms with van der Waals surface area (Å²) in [5.74, 6) is 0.